The number of nitrogen functional groups attached to an aromatic ring is 1. The number of hydrogen-bond donors (Lipinski definition) is 3. The predicted octanol–water partition coefficient (Wildman–Crippen LogP) is 2.41. The number of rotatable bonds is 3. The highest BCUT2D eigenvalue weighted by Crippen LogP contribution is 2.32. The number of halogens is 2. The summed E-state index contributed by atoms with van der Waals surface area (Å²) in [5.41, 5.74) is 6.52. The van der Waals surface area contributed by atoms with Gasteiger partial charge in [-0.3, -0.25) is 9.82 Å². The number of aromatic amines is 1. The molecule has 9 heteroatoms. The van der Waals surface area contributed by atoms with Crippen LogP contribution in [0.3, 0.4) is 0 Å². The Balaban J connectivity index is 2.45. The van der Waals surface area contributed by atoms with Gasteiger partial charge in [-0.2, -0.15) is 5.10 Å². The van der Waals surface area contributed by atoms with Crippen molar-refractivity contribution in [3.63, 3.8) is 0 Å². The number of aryl methyl sites for hydroxylation is 1. The third-order valence-electron chi connectivity index (χ3n) is 2.23. The molecule has 0 radical (unpaired) electrons. The Morgan fingerprint density at radius 3 is 2.32 bits per heavy atom. The van der Waals surface area contributed by atoms with Crippen molar-refractivity contribution < 1.29 is 8.42 Å². The summed E-state index contributed by atoms with van der Waals surface area (Å²) in [6, 6.07) is 4.17. The first-order chi connectivity index (χ1) is 8.79. The summed E-state index contributed by atoms with van der Waals surface area (Å²) >= 11 is 11.8. The third kappa shape index (κ3) is 2.94. The van der Waals surface area contributed by atoms with Crippen LogP contribution in [0.1, 0.15) is 5.69 Å². The smallest absolute Gasteiger partial charge is 0.266 e. The van der Waals surface area contributed by atoms with E-state index >= 15 is 0 Å². The molecule has 0 bridgehead atoms. The predicted molar refractivity (Wildman–Crippen MR) is 75.0 cm³/mol. The molecule has 0 aliphatic heterocycles. The van der Waals surface area contributed by atoms with Crippen molar-refractivity contribution in [1.82, 2.24) is 10.2 Å². The van der Waals surface area contributed by atoms with Crippen LogP contribution < -0.4 is 10.5 Å². The lowest BCUT2D eigenvalue weighted by molar-refractivity contribution is 0.601. The average molecular weight is 321 g/mol. The number of nitrogens with one attached hydrogen (secondary N) is 2. The van der Waals surface area contributed by atoms with Gasteiger partial charge in [0.25, 0.3) is 10.0 Å². The van der Waals surface area contributed by atoms with Gasteiger partial charge in [-0.15, -0.1) is 0 Å². The lowest BCUT2D eigenvalue weighted by Crippen LogP contribution is -2.14. The fourth-order valence-electron chi connectivity index (χ4n) is 1.50. The first-order valence-corrected chi connectivity index (χ1v) is 7.33. The van der Waals surface area contributed by atoms with Gasteiger partial charge in [-0.25, -0.2) is 8.42 Å². The van der Waals surface area contributed by atoms with Gasteiger partial charge < -0.3 is 5.73 Å². The minimum absolute atomic E-state index is 0.0512. The lowest BCUT2D eigenvalue weighted by Gasteiger charge is -2.09. The maximum Gasteiger partial charge on any atom is 0.266 e. The lowest BCUT2D eigenvalue weighted by atomic mass is 10.3. The molecule has 6 nitrogen and oxygen atoms in total. The Labute approximate surface area is 120 Å². The summed E-state index contributed by atoms with van der Waals surface area (Å²) in [5.74, 6) is 0.154. The second kappa shape index (κ2) is 4.92. The van der Waals surface area contributed by atoms with Gasteiger partial charge in [0.1, 0.15) is 4.90 Å². The summed E-state index contributed by atoms with van der Waals surface area (Å²) in [6.45, 7) is 1.74. The summed E-state index contributed by atoms with van der Waals surface area (Å²) in [5, 5.41) is 6.29. The number of sulfonamides is 1. The maximum atomic E-state index is 12.2. The number of H-pyrrole nitrogens is 1. The Hall–Kier alpha value is -1.44. The highest BCUT2D eigenvalue weighted by atomic mass is 35.5. The first kappa shape index (κ1) is 14.0. The van der Waals surface area contributed by atoms with E-state index in [4.69, 9.17) is 28.9 Å². The minimum Gasteiger partial charge on any atom is -0.399 e. The van der Waals surface area contributed by atoms with Crippen LogP contribution >= 0.6 is 23.2 Å². The first-order valence-electron chi connectivity index (χ1n) is 5.09. The molecule has 0 saturated carbocycles. The van der Waals surface area contributed by atoms with E-state index in [-0.39, 0.29) is 26.4 Å². The second-order valence-corrected chi connectivity index (χ2v) is 6.29. The van der Waals surface area contributed by atoms with E-state index in [2.05, 4.69) is 14.9 Å². The molecule has 19 heavy (non-hydrogen) atoms. The zero-order valence-corrected chi connectivity index (χ0v) is 12.1. The van der Waals surface area contributed by atoms with Crippen molar-refractivity contribution in [2.45, 2.75) is 11.8 Å². The van der Waals surface area contributed by atoms with Gasteiger partial charge in [0.15, 0.2) is 5.82 Å². The molecule has 0 atom stereocenters. The molecule has 1 aromatic carbocycles. The van der Waals surface area contributed by atoms with Crippen LogP contribution in [-0.2, 0) is 10.0 Å². The molecule has 2 aromatic rings. The van der Waals surface area contributed by atoms with Gasteiger partial charge in [0.2, 0.25) is 0 Å². The zero-order valence-electron chi connectivity index (χ0n) is 9.74. The van der Waals surface area contributed by atoms with Crippen LogP contribution in [-0.4, -0.2) is 18.6 Å². The Bertz CT molecular complexity index is 704. The molecule has 0 spiro atoms. The molecule has 2 rings (SSSR count). The monoisotopic (exact) mass is 320 g/mol. The van der Waals surface area contributed by atoms with E-state index in [1.165, 1.54) is 18.2 Å². The molecule has 4 N–H and O–H groups in total. The highest BCUT2D eigenvalue weighted by molar-refractivity contribution is 7.93. The van der Waals surface area contributed by atoms with E-state index in [9.17, 15) is 8.42 Å². The van der Waals surface area contributed by atoms with Gasteiger partial charge in [-0.1, -0.05) is 23.2 Å². The summed E-state index contributed by atoms with van der Waals surface area (Å²) in [7, 11) is -3.93. The Morgan fingerprint density at radius 2 is 1.84 bits per heavy atom. The van der Waals surface area contributed by atoms with Crippen LogP contribution in [0.25, 0.3) is 0 Å². The van der Waals surface area contributed by atoms with Crippen molar-refractivity contribution >= 4 is 44.7 Å². The summed E-state index contributed by atoms with van der Waals surface area (Å²) in [6.07, 6.45) is 0. The number of nitrogens with zero attached hydrogens (tertiary/aromatic N) is 1. The van der Waals surface area contributed by atoms with E-state index in [1.807, 2.05) is 0 Å². The van der Waals surface area contributed by atoms with Crippen LogP contribution in [0.5, 0.6) is 0 Å². The summed E-state index contributed by atoms with van der Waals surface area (Å²) in [4.78, 5) is -0.231. The number of aromatic nitrogens is 2. The molecule has 0 saturated heterocycles. The van der Waals surface area contributed by atoms with Gasteiger partial charge in [-0.05, 0) is 19.1 Å². The molecular formula is C10H10Cl2N4O2S. The second-order valence-electron chi connectivity index (χ2n) is 3.86. The average Bonchev–Trinajstić information content (AvgIpc) is 2.60. The molecule has 0 aliphatic rings. The molecule has 0 amide bonds. The Morgan fingerprint density at radius 1 is 1.26 bits per heavy atom. The molecule has 0 unspecified atom stereocenters. The fraction of sp³-hybridized carbons (Fsp3) is 0.100. The molecule has 1 heterocycles. The van der Waals surface area contributed by atoms with Crippen molar-refractivity contribution in [1.29, 1.82) is 0 Å². The van der Waals surface area contributed by atoms with Crippen molar-refractivity contribution in [3.05, 3.63) is 33.9 Å². The SMILES string of the molecule is Cc1cc(NS(=O)(=O)c2c(Cl)cc(N)cc2Cl)n[nH]1. The van der Waals surface area contributed by atoms with Crippen molar-refractivity contribution in [2.24, 2.45) is 0 Å². The zero-order chi connectivity index (χ0) is 14.2. The van der Waals surface area contributed by atoms with Crippen LogP contribution in [0.4, 0.5) is 11.5 Å². The van der Waals surface area contributed by atoms with Crippen LogP contribution in [0, 0.1) is 6.92 Å². The molecule has 1 aromatic heterocycles. The molecular weight excluding hydrogens is 311 g/mol. The number of hydrogen-bond acceptors (Lipinski definition) is 4. The normalized spacial score (nSPS) is 11.5. The van der Waals surface area contributed by atoms with E-state index in [0.29, 0.717) is 5.69 Å². The third-order valence-corrected chi connectivity index (χ3v) is 4.51. The minimum atomic E-state index is -3.93. The molecule has 0 fully saturated rings. The quantitative estimate of drug-likeness (QED) is 0.756. The molecule has 0 aliphatic carbocycles. The van der Waals surface area contributed by atoms with E-state index in [1.54, 1.807) is 6.92 Å². The van der Waals surface area contributed by atoms with Crippen LogP contribution in [0.15, 0.2) is 23.1 Å². The number of anilines is 2. The van der Waals surface area contributed by atoms with Crippen molar-refractivity contribution in [2.75, 3.05) is 10.5 Å². The number of nitrogens with two attached hydrogens (primary N) is 1. The van der Waals surface area contributed by atoms with E-state index < -0.39 is 10.0 Å². The summed E-state index contributed by atoms with van der Waals surface area (Å²) < 4.78 is 26.7. The van der Waals surface area contributed by atoms with Gasteiger partial charge in [0.05, 0.1) is 10.0 Å². The van der Waals surface area contributed by atoms with Crippen molar-refractivity contribution in [3.8, 4) is 0 Å². The maximum absolute atomic E-state index is 12.2. The van der Waals surface area contributed by atoms with Gasteiger partial charge >= 0.3 is 0 Å². The Kier molecular flexibility index (Phi) is 3.62. The fourth-order valence-corrected chi connectivity index (χ4v) is 3.72. The van der Waals surface area contributed by atoms with Crippen LogP contribution in [0.2, 0.25) is 10.0 Å². The van der Waals surface area contributed by atoms with Gasteiger partial charge in [0, 0.05) is 17.4 Å². The highest BCUT2D eigenvalue weighted by Gasteiger charge is 2.23. The largest absolute Gasteiger partial charge is 0.399 e. The topological polar surface area (TPSA) is 101 Å². The number of benzene rings is 1. The molecule has 102 valence electrons. The van der Waals surface area contributed by atoms with E-state index in [0.717, 1.165) is 0 Å². The standard InChI is InChI=1S/C10H10Cl2N4O2S/c1-5-2-9(15-14-5)16-19(17,18)10-7(11)3-6(13)4-8(10)12/h2-4H,13H2,1H3,(H2,14,15,16).